The fraction of sp³-hybridized carbons (Fsp3) is 0.250. The summed E-state index contributed by atoms with van der Waals surface area (Å²) in [6.45, 7) is 1.63. The van der Waals surface area contributed by atoms with Gasteiger partial charge in [-0.05, 0) is 6.92 Å². The third-order valence-corrected chi connectivity index (χ3v) is 0.763. The molecule has 4 nitrogen and oxygen atoms in total. The Morgan fingerprint density at radius 3 is 2.75 bits per heavy atom. The van der Waals surface area contributed by atoms with Crippen LogP contribution in [0, 0.1) is 6.92 Å². The molecular weight excluding hydrogens is 106 g/mol. The normalized spacial score (nSPS) is 9.12. The van der Waals surface area contributed by atoms with Crippen LogP contribution in [-0.2, 0) is 0 Å². The second kappa shape index (κ2) is 1.73. The van der Waals surface area contributed by atoms with Crippen molar-refractivity contribution in [1.29, 1.82) is 0 Å². The molecule has 0 aliphatic carbocycles. The van der Waals surface area contributed by atoms with Crippen molar-refractivity contribution < 1.29 is 5.11 Å². The number of aromatic nitrogens is 3. The lowest BCUT2D eigenvalue weighted by Crippen LogP contribution is -1.87. The molecule has 1 N–H and O–H groups in total. The molecule has 1 heterocycles. The first-order valence-corrected chi connectivity index (χ1v) is 2.14. The number of aryl methyl sites for hydroxylation is 1. The summed E-state index contributed by atoms with van der Waals surface area (Å²) in [5.74, 6) is -0.0556. The second-order valence-electron chi connectivity index (χ2n) is 1.37. The van der Waals surface area contributed by atoms with Crippen LogP contribution in [0.2, 0.25) is 0 Å². The van der Waals surface area contributed by atoms with Gasteiger partial charge in [-0.1, -0.05) is 0 Å². The van der Waals surface area contributed by atoms with Crippen molar-refractivity contribution >= 4 is 0 Å². The highest BCUT2D eigenvalue weighted by Gasteiger charge is 1.92. The molecule has 4 heteroatoms. The smallest absolute Gasteiger partial charge is 0.236 e. The van der Waals surface area contributed by atoms with Gasteiger partial charge in [0.05, 0.1) is 0 Å². The molecule has 42 valence electrons. The number of hydrogen-bond acceptors (Lipinski definition) is 4. The van der Waals surface area contributed by atoms with Crippen LogP contribution < -0.4 is 0 Å². The van der Waals surface area contributed by atoms with Crippen LogP contribution in [0.4, 0.5) is 0 Å². The molecule has 0 amide bonds. The molecule has 0 bridgehead atoms. The van der Waals surface area contributed by atoms with Crippen LogP contribution >= 0.6 is 0 Å². The Kier molecular flexibility index (Phi) is 1.07. The van der Waals surface area contributed by atoms with E-state index in [0.717, 1.165) is 0 Å². The standard InChI is InChI=1S/C4H5N3O/c1-3-4(8)5-2-6-7-3/h2H,1H3,(H,5,6,8). The molecule has 0 aliphatic rings. The largest absolute Gasteiger partial charge is 0.492 e. The van der Waals surface area contributed by atoms with Gasteiger partial charge >= 0.3 is 0 Å². The fourth-order valence-corrected chi connectivity index (χ4v) is 0.331. The van der Waals surface area contributed by atoms with E-state index in [0.29, 0.717) is 5.69 Å². The summed E-state index contributed by atoms with van der Waals surface area (Å²) >= 11 is 0. The summed E-state index contributed by atoms with van der Waals surface area (Å²) in [6, 6.07) is 0. The number of hydrogen-bond donors (Lipinski definition) is 1. The van der Waals surface area contributed by atoms with Gasteiger partial charge in [-0.3, -0.25) is 0 Å². The first-order chi connectivity index (χ1) is 3.80. The summed E-state index contributed by atoms with van der Waals surface area (Å²) in [5, 5.41) is 15.6. The summed E-state index contributed by atoms with van der Waals surface area (Å²) in [4.78, 5) is 3.46. The minimum atomic E-state index is -0.0556. The minimum Gasteiger partial charge on any atom is -0.492 e. The summed E-state index contributed by atoms with van der Waals surface area (Å²) < 4.78 is 0. The number of rotatable bonds is 0. The molecule has 8 heavy (non-hydrogen) atoms. The van der Waals surface area contributed by atoms with Crippen molar-refractivity contribution in [2.24, 2.45) is 0 Å². The Morgan fingerprint density at radius 2 is 2.38 bits per heavy atom. The predicted octanol–water partition coefficient (Wildman–Crippen LogP) is -0.114. The van der Waals surface area contributed by atoms with Crippen LogP contribution in [0.15, 0.2) is 6.33 Å². The Balaban J connectivity index is 3.13. The lowest BCUT2D eigenvalue weighted by atomic mass is 10.5. The highest BCUT2D eigenvalue weighted by molar-refractivity contribution is 5.09. The van der Waals surface area contributed by atoms with E-state index in [-0.39, 0.29) is 5.88 Å². The minimum absolute atomic E-state index is 0.0556. The molecule has 1 rings (SSSR count). The lowest BCUT2D eigenvalue weighted by molar-refractivity contribution is 0.441. The maximum atomic E-state index is 8.71. The zero-order chi connectivity index (χ0) is 5.98. The molecule has 0 unspecified atom stereocenters. The topological polar surface area (TPSA) is 58.9 Å². The van der Waals surface area contributed by atoms with Crippen molar-refractivity contribution in [1.82, 2.24) is 15.2 Å². The van der Waals surface area contributed by atoms with Gasteiger partial charge in [-0.2, -0.15) is 4.98 Å². The zero-order valence-corrected chi connectivity index (χ0v) is 4.37. The molecule has 0 aromatic carbocycles. The van der Waals surface area contributed by atoms with Crippen molar-refractivity contribution in [2.45, 2.75) is 6.92 Å². The Labute approximate surface area is 46.2 Å². The van der Waals surface area contributed by atoms with E-state index < -0.39 is 0 Å². The average Bonchev–Trinajstić information content (AvgIpc) is 1.77. The third-order valence-electron chi connectivity index (χ3n) is 0.763. The van der Waals surface area contributed by atoms with Crippen molar-refractivity contribution in [3.8, 4) is 5.88 Å². The van der Waals surface area contributed by atoms with Crippen molar-refractivity contribution in [2.75, 3.05) is 0 Å². The van der Waals surface area contributed by atoms with Gasteiger partial charge < -0.3 is 5.11 Å². The highest BCUT2D eigenvalue weighted by Crippen LogP contribution is 2.02. The Hall–Kier alpha value is -1.19. The molecule has 0 saturated carbocycles. The quantitative estimate of drug-likeness (QED) is 0.507. The van der Waals surface area contributed by atoms with Gasteiger partial charge in [-0.15, -0.1) is 10.2 Å². The highest BCUT2D eigenvalue weighted by atomic mass is 16.3. The van der Waals surface area contributed by atoms with Gasteiger partial charge in [0.2, 0.25) is 5.88 Å². The molecule has 0 fully saturated rings. The van der Waals surface area contributed by atoms with Crippen LogP contribution in [-0.4, -0.2) is 20.3 Å². The predicted molar refractivity (Wildman–Crippen MR) is 26.2 cm³/mol. The molecule has 1 aromatic rings. The van der Waals surface area contributed by atoms with Crippen molar-refractivity contribution in [3.63, 3.8) is 0 Å². The van der Waals surface area contributed by atoms with Gasteiger partial charge in [0.15, 0.2) is 0 Å². The first kappa shape index (κ1) is 4.96. The zero-order valence-electron chi connectivity index (χ0n) is 4.37. The summed E-state index contributed by atoms with van der Waals surface area (Å²) in [6.07, 6.45) is 1.20. The van der Waals surface area contributed by atoms with Crippen LogP contribution in [0.3, 0.4) is 0 Å². The molecule has 0 spiro atoms. The van der Waals surface area contributed by atoms with Crippen LogP contribution in [0.1, 0.15) is 5.69 Å². The van der Waals surface area contributed by atoms with Gasteiger partial charge in [0, 0.05) is 0 Å². The fourth-order valence-electron chi connectivity index (χ4n) is 0.331. The molecule has 0 aliphatic heterocycles. The van der Waals surface area contributed by atoms with E-state index in [1.165, 1.54) is 6.33 Å². The molecule has 0 atom stereocenters. The SMILES string of the molecule is Cc1nncnc1O. The van der Waals surface area contributed by atoms with Gasteiger partial charge in [-0.25, -0.2) is 0 Å². The third kappa shape index (κ3) is 0.726. The molecule has 0 radical (unpaired) electrons. The molecular formula is C4H5N3O. The van der Waals surface area contributed by atoms with Crippen molar-refractivity contribution in [3.05, 3.63) is 12.0 Å². The average molecular weight is 111 g/mol. The van der Waals surface area contributed by atoms with E-state index in [1.807, 2.05) is 0 Å². The van der Waals surface area contributed by atoms with E-state index in [2.05, 4.69) is 15.2 Å². The van der Waals surface area contributed by atoms with E-state index in [1.54, 1.807) is 6.92 Å². The summed E-state index contributed by atoms with van der Waals surface area (Å²) in [5.41, 5.74) is 0.451. The number of nitrogens with zero attached hydrogens (tertiary/aromatic N) is 3. The van der Waals surface area contributed by atoms with Gasteiger partial charge in [0.25, 0.3) is 0 Å². The lowest BCUT2D eigenvalue weighted by Gasteiger charge is -1.88. The summed E-state index contributed by atoms with van der Waals surface area (Å²) in [7, 11) is 0. The maximum absolute atomic E-state index is 8.71. The van der Waals surface area contributed by atoms with E-state index in [9.17, 15) is 0 Å². The molecule has 0 saturated heterocycles. The molecule has 1 aromatic heterocycles. The van der Waals surface area contributed by atoms with Gasteiger partial charge in [0.1, 0.15) is 12.0 Å². The second-order valence-corrected chi connectivity index (χ2v) is 1.37. The number of aromatic hydroxyl groups is 1. The first-order valence-electron chi connectivity index (χ1n) is 2.14. The Bertz CT molecular complexity index is 167. The van der Waals surface area contributed by atoms with E-state index >= 15 is 0 Å². The van der Waals surface area contributed by atoms with Crippen LogP contribution in [0.5, 0.6) is 5.88 Å². The maximum Gasteiger partial charge on any atom is 0.236 e. The van der Waals surface area contributed by atoms with Crippen LogP contribution in [0.25, 0.3) is 0 Å². The Morgan fingerprint density at radius 1 is 1.62 bits per heavy atom. The van der Waals surface area contributed by atoms with E-state index in [4.69, 9.17) is 5.11 Å². The monoisotopic (exact) mass is 111 g/mol.